The molecule has 1 aliphatic heterocycles. The summed E-state index contributed by atoms with van der Waals surface area (Å²) in [4.78, 5) is 28.9. The minimum atomic E-state index is -0.176. The van der Waals surface area contributed by atoms with Crippen molar-refractivity contribution < 1.29 is 14.3 Å². The molecule has 1 aliphatic rings. The number of thiocarbonyl (C=S) groups is 1. The van der Waals surface area contributed by atoms with Crippen LogP contribution in [0.2, 0.25) is 0 Å². The minimum absolute atomic E-state index is 0.0309. The minimum Gasteiger partial charge on any atom is -0.496 e. The fourth-order valence-corrected chi connectivity index (χ4v) is 4.26. The molecule has 1 heterocycles. The van der Waals surface area contributed by atoms with E-state index < -0.39 is 0 Å². The molecule has 0 aliphatic carbocycles. The van der Waals surface area contributed by atoms with Crippen LogP contribution >= 0.6 is 24.0 Å². The van der Waals surface area contributed by atoms with Gasteiger partial charge in [-0.05, 0) is 17.7 Å². The summed E-state index contributed by atoms with van der Waals surface area (Å²) in [5.74, 6) is 0.483. The first kappa shape index (κ1) is 21.1. The average molecular weight is 427 g/mol. The lowest BCUT2D eigenvalue weighted by Crippen LogP contribution is -2.34. The molecular formula is C22H22N2O3S2. The molecule has 0 saturated carbocycles. The quantitative estimate of drug-likeness (QED) is 0.496. The van der Waals surface area contributed by atoms with Gasteiger partial charge in [0.15, 0.2) is 0 Å². The Hall–Kier alpha value is -2.64. The fraction of sp³-hybridized carbons (Fsp3) is 0.227. The average Bonchev–Trinajstić information content (AvgIpc) is 3.00. The standard InChI is InChI=1S/C22H22N2O3S2/c1-23(15-16-8-4-3-5-9-16)20(25)12-13-24-21(26)19(29-22(24)28)14-17-10-6-7-11-18(17)27-2/h3-11,14H,12-13,15H2,1-2H3. The SMILES string of the molecule is COc1ccccc1C=C1SC(=S)N(CCC(=O)N(C)Cc2ccccc2)C1=O. The van der Waals surface area contributed by atoms with Gasteiger partial charge in [0.1, 0.15) is 10.1 Å². The van der Waals surface area contributed by atoms with Crippen molar-refractivity contribution in [2.24, 2.45) is 0 Å². The van der Waals surface area contributed by atoms with Crippen molar-refractivity contribution in [3.63, 3.8) is 0 Å². The van der Waals surface area contributed by atoms with Crippen LogP contribution in [0.5, 0.6) is 5.75 Å². The van der Waals surface area contributed by atoms with Crippen LogP contribution < -0.4 is 4.74 Å². The summed E-state index contributed by atoms with van der Waals surface area (Å²) in [5.41, 5.74) is 1.88. The predicted molar refractivity (Wildman–Crippen MR) is 120 cm³/mol. The Morgan fingerprint density at radius 2 is 1.86 bits per heavy atom. The Balaban J connectivity index is 1.61. The van der Waals surface area contributed by atoms with Crippen LogP contribution in [0.3, 0.4) is 0 Å². The Labute approximate surface area is 180 Å². The van der Waals surface area contributed by atoms with Gasteiger partial charge in [-0.25, -0.2) is 0 Å². The van der Waals surface area contributed by atoms with E-state index in [1.165, 1.54) is 16.7 Å². The molecule has 150 valence electrons. The third kappa shape index (κ3) is 5.25. The van der Waals surface area contributed by atoms with Gasteiger partial charge in [0.25, 0.3) is 5.91 Å². The number of amides is 2. The normalized spacial score (nSPS) is 15.1. The second-order valence-corrected chi connectivity index (χ2v) is 8.24. The van der Waals surface area contributed by atoms with E-state index in [2.05, 4.69) is 0 Å². The summed E-state index contributed by atoms with van der Waals surface area (Å²) in [5, 5.41) is 0. The number of thioether (sulfide) groups is 1. The highest BCUT2D eigenvalue weighted by atomic mass is 32.2. The van der Waals surface area contributed by atoms with Crippen LogP contribution in [-0.2, 0) is 16.1 Å². The van der Waals surface area contributed by atoms with Gasteiger partial charge >= 0.3 is 0 Å². The van der Waals surface area contributed by atoms with Crippen LogP contribution in [-0.4, -0.2) is 46.6 Å². The van der Waals surface area contributed by atoms with Crippen molar-refractivity contribution in [1.29, 1.82) is 0 Å². The summed E-state index contributed by atoms with van der Waals surface area (Å²) < 4.78 is 5.80. The van der Waals surface area contributed by atoms with Crippen molar-refractivity contribution in [1.82, 2.24) is 9.80 Å². The van der Waals surface area contributed by atoms with Crippen LogP contribution in [0.15, 0.2) is 59.5 Å². The van der Waals surface area contributed by atoms with Gasteiger partial charge < -0.3 is 9.64 Å². The van der Waals surface area contributed by atoms with E-state index >= 15 is 0 Å². The maximum atomic E-state index is 12.8. The lowest BCUT2D eigenvalue weighted by molar-refractivity contribution is -0.131. The summed E-state index contributed by atoms with van der Waals surface area (Å²) in [6.07, 6.45) is 2.00. The molecule has 0 radical (unpaired) electrons. The fourth-order valence-electron chi connectivity index (χ4n) is 2.96. The van der Waals surface area contributed by atoms with E-state index in [1.807, 2.05) is 54.6 Å². The first-order valence-corrected chi connectivity index (χ1v) is 10.4. The van der Waals surface area contributed by atoms with E-state index in [1.54, 1.807) is 25.1 Å². The number of ether oxygens (including phenoxy) is 1. The van der Waals surface area contributed by atoms with Crippen LogP contribution in [0.4, 0.5) is 0 Å². The maximum Gasteiger partial charge on any atom is 0.266 e. The Kier molecular flexibility index (Phi) is 7.06. The monoisotopic (exact) mass is 426 g/mol. The number of rotatable bonds is 7. The van der Waals surface area contributed by atoms with Gasteiger partial charge in [-0.15, -0.1) is 0 Å². The van der Waals surface area contributed by atoms with Crippen molar-refractivity contribution in [2.45, 2.75) is 13.0 Å². The molecule has 0 bridgehead atoms. The van der Waals surface area contributed by atoms with Crippen molar-refractivity contribution >= 4 is 46.2 Å². The highest BCUT2D eigenvalue weighted by Crippen LogP contribution is 2.34. The zero-order valence-corrected chi connectivity index (χ0v) is 18.0. The molecule has 5 nitrogen and oxygen atoms in total. The van der Waals surface area contributed by atoms with E-state index in [4.69, 9.17) is 17.0 Å². The molecule has 0 atom stereocenters. The van der Waals surface area contributed by atoms with Crippen molar-refractivity contribution in [3.05, 3.63) is 70.6 Å². The van der Waals surface area contributed by atoms with Gasteiger partial charge in [0, 0.05) is 32.1 Å². The van der Waals surface area contributed by atoms with Gasteiger partial charge in [-0.3, -0.25) is 14.5 Å². The number of hydrogen-bond donors (Lipinski definition) is 0. The molecule has 1 fully saturated rings. The topological polar surface area (TPSA) is 49.9 Å². The molecule has 2 amide bonds. The van der Waals surface area contributed by atoms with Gasteiger partial charge in [-0.2, -0.15) is 0 Å². The molecule has 3 rings (SSSR count). The van der Waals surface area contributed by atoms with Gasteiger partial charge in [0.2, 0.25) is 5.91 Å². The molecule has 0 N–H and O–H groups in total. The number of carbonyl (C=O) groups is 2. The lowest BCUT2D eigenvalue weighted by Gasteiger charge is -2.19. The smallest absolute Gasteiger partial charge is 0.266 e. The second kappa shape index (κ2) is 9.71. The molecule has 0 aromatic heterocycles. The number of para-hydroxylation sites is 1. The zero-order chi connectivity index (χ0) is 20.8. The molecule has 1 saturated heterocycles. The maximum absolute atomic E-state index is 12.8. The van der Waals surface area contributed by atoms with Crippen LogP contribution in [0.1, 0.15) is 17.5 Å². The molecular weight excluding hydrogens is 404 g/mol. The van der Waals surface area contributed by atoms with Crippen LogP contribution in [0, 0.1) is 0 Å². The summed E-state index contributed by atoms with van der Waals surface area (Å²) in [7, 11) is 3.36. The van der Waals surface area contributed by atoms with Crippen molar-refractivity contribution in [2.75, 3.05) is 20.7 Å². The highest BCUT2D eigenvalue weighted by molar-refractivity contribution is 8.26. The van der Waals surface area contributed by atoms with Crippen LogP contribution in [0.25, 0.3) is 6.08 Å². The number of methoxy groups -OCH3 is 1. The highest BCUT2D eigenvalue weighted by Gasteiger charge is 2.32. The van der Waals surface area contributed by atoms with E-state index in [0.717, 1.165) is 11.1 Å². The Morgan fingerprint density at radius 1 is 1.17 bits per heavy atom. The molecule has 0 spiro atoms. The molecule has 29 heavy (non-hydrogen) atoms. The van der Waals surface area contributed by atoms with E-state index in [-0.39, 0.29) is 24.8 Å². The van der Waals surface area contributed by atoms with E-state index in [9.17, 15) is 9.59 Å². The first-order valence-electron chi connectivity index (χ1n) is 9.16. The molecule has 7 heteroatoms. The molecule has 2 aromatic rings. The van der Waals surface area contributed by atoms with Gasteiger partial charge in [-0.1, -0.05) is 72.5 Å². The third-order valence-electron chi connectivity index (χ3n) is 4.54. The Morgan fingerprint density at radius 3 is 2.59 bits per heavy atom. The largest absolute Gasteiger partial charge is 0.496 e. The number of nitrogens with zero attached hydrogens (tertiary/aromatic N) is 2. The lowest BCUT2D eigenvalue weighted by atomic mass is 10.2. The molecule has 2 aromatic carbocycles. The second-order valence-electron chi connectivity index (χ2n) is 6.56. The summed E-state index contributed by atoms with van der Waals surface area (Å²) >= 11 is 6.61. The van der Waals surface area contributed by atoms with E-state index in [0.29, 0.717) is 21.5 Å². The third-order valence-corrected chi connectivity index (χ3v) is 5.91. The molecule has 0 unspecified atom stereocenters. The van der Waals surface area contributed by atoms with Crippen molar-refractivity contribution in [3.8, 4) is 5.75 Å². The summed E-state index contributed by atoms with van der Waals surface area (Å²) in [6.45, 7) is 0.803. The van der Waals surface area contributed by atoms with Gasteiger partial charge in [0.05, 0.1) is 12.0 Å². The first-order chi connectivity index (χ1) is 14.0. The Bertz CT molecular complexity index is 944. The summed E-state index contributed by atoms with van der Waals surface area (Å²) in [6, 6.07) is 17.3. The number of hydrogen-bond acceptors (Lipinski definition) is 5. The number of carbonyl (C=O) groups excluding carboxylic acids is 2. The zero-order valence-electron chi connectivity index (χ0n) is 16.3. The predicted octanol–water partition coefficient (Wildman–Crippen LogP) is 3.95. The number of benzene rings is 2.